The summed E-state index contributed by atoms with van der Waals surface area (Å²) in [4.78, 5) is 24.4. The van der Waals surface area contributed by atoms with Gasteiger partial charge in [0.15, 0.2) is 0 Å². The Morgan fingerprint density at radius 3 is 2.73 bits per heavy atom. The third-order valence-electron chi connectivity index (χ3n) is 3.33. The van der Waals surface area contributed by atoms with E-state index in [4.69, 9.17) is 4.74 Å². The number of nitrogens with zero attached hydrogens (tertiary/aromatic N) is 1. The first-order valence-corrected chi connectivity index (χ1v) is 8.43. The van der Waals surface area contributed by atoms with E-state index < -0.39 is 11.9 Å². The molecular formula is C19H15BrN2O4. The number of ether oxygens (including phenoxy) is 1. The molecule has 7 heteroatoms. The molecule has 1 amide bonds. The van der Waals surface area contributed by atoms with E-state index in [9.17, 15) is 20.0 Å². The summed E-state index contributed by atoms with van der Waals surface area (Å²) in [6.45, 7) is 1.88. The summed E-state index contributed by atoms with van der Waals surface area (Å²) < 4.78 is 5.64. The predicted octanol–water partition coefficient (Wildman–Crippen LogP) is 3.88. The lowest BCUT2D eigenvalue weighted by Crippen LogP contribution is -2.17. The van der Waals surface area contributed by atoms with Gasteiger partial charge in [0.05, 0.1) is 17.9 Å². The molecule has 0 heterocycles. The van der Waals surface area contributed by atoms with Crippen LogP contribution in [0.3, 0.4) is 0 Å². The zero-order chi connectivity index (χ0) is 19.1. The first-order chi connectivity index (χ1) is 12.5. The largest absolute Gasteiger partial charge is 0.507 e. The van der Waals surface area contributed by atoms with E-state index >= 15 is 0 Å². The summed E-state index contributed by atoms with van der Waals surface area (Å²) >= 11 is 3.26. The second kappa shape index (κ2) is 8.83. The fourth-order valence-electron chi connectivity index (χ4n) is 2.11. The van der Waals surface area contributed by atoms with E-state index in [2.05, 4.69) is 21.2 Å². The van der Waals surface area contributed by atoms with Crippen molar-refractivity contribution in [2.24, 2.45) is 0 Å². The van der Waals surface area contributed by atoms with Gasteiger partial charge in [0.25, 0.3) is 5.91 Å². The Kier molecular flexibility index (Phi) is 6.53. The molecule has 0 aromatic heterocycles. The number of amides is 1. The van der Waals surface area contributed by atoms with Crippen molar-refractivity contribution in [3.05, 3.63) is 63.6 Å². The van der Waals surface area contributed by atoms with Crippen molar-refractivity contribution in [2.75, 3.05) is 11.9 Å². The van der Waals surface area contributed by atoms with E-state index in [0.29, 0.717) is 10.0 Å². The molecule has 0 bridgehead atoms. The molecular weight excluding hydrogens is 400 g/mol. The van der Waals surface area contributed by atoms with E-state index in [1.807, 2.05) is 0 Å². The number of nitriles is 1. The minimum atomic E-state index is -0.705. The summed E-state index contributed by atoms with van der Waals surface area (Å²) in [5.74, 6) is -1.35. The SMILES string of the molecule is CCOC(=O)c1ccccc1NC(=O)C(C#N)=Cc1cc(Br)ccc1O. The van der Waals surface area contributed by atoms with Gasteiger partial charge < -0.3 is 15.2 Å². The van der Waals surface area contributed by atoms with Crippen molar-refractivity contribution < 1.29 is 19.4 Å². The highest BCUT2D eigenvalue weighted by atomic mass is 79.9. The zero-order valence-corrected chi connectivity index (χ0v) is 15.4. The average molecular weight is 415 g/mol. The smallest absolute Gasteiger partial charge is 0.340 e. The summed E-state index contributed by atoms with van der Waals surface area (Å²) in [5, 5.41) is 21.7. The third kappa shape index (κ3) is 4.71. The molecule has 6 nitrogen and oxygen atoms in total. The molecule has 0 atom stereocenters. The predicted molar refractivity (Wildman–Crippen MR) is 100 cm³/mol. The van der Waals surface area contributed by atoms with Crippen LogP contribution in [-0.2, 0) is 9.53 Å². The molecule has 26 heavy (non-hydrogen) atoms. The lowest BCUT2D eigenvalue weighted by atomic mass is 10.1. The lowest BCUT2D eigenvalue weighted by Gasteiger charge is -2.10. The van der Waals surface area contributed by atoms with Crippen LogP contribution in [0.15, 0.2) is 52.5 Å². The van der Waals surface area contributed by atoms with Crippen LogP contribution in [0.1, 0.15) is 22.8 Å². The number of hydrogen-bond acceptors (Lipinski definition) is 5. The molecule has 0 unspecified atom stereocenters. The Labute approximate surface area is 158 Å². The van der Waals surface area contributed by atoms with E-state index in [1.54, 1.807) is 37.3 Å². The second-order valence-electron chi connectivity index (χ2n) is 5.09. The molecule has 2 aromatic rings. The number of halogens is 1. The van der Waals surface area contributed by atoms with Gasteiger partial charge in [-0.15, -0.1) is 0 Å². The fourth-order valence-corrected chi connectivity index (χ4v) is 2.49. The van der Waals surface area contributed by atoms with Crippen LogP contribution in [0.25, 0.3) is 6.08 Å². The van der Waals surface area contributed by atoms with Crippen molar-refractivity contribution in [1.82, 2.24) is 0 Å². The average Bonchev–Trinajstić information content (AvgIpc) is 2.63. The molecule has 2 rings (SSSR count). The molecule has 0 fully saturated rings. The van der Waals surface area contributed by atoms with Crippen molar-refractivity contribution in [2.45, 2.75) is 6.92 Å². The Bertz CT molecular complexity index is 916. The number of nitrogens with one attached hydrogen (secondary N) is 1. The normalized spacial score (nSPS) is 10.7. The Morgan fingerprint density at radius 1 is 1.31 bits per heavy atom. The van der Waals surface area contributed by atoms with Gasteiger partial charge in [0, 0.05) is 10.0 Å². The number of benzene rings is 2. The molecule has 0 radical (unpaired) electrons. The molecule has 0 aliphatic heterocycles. The first kappa shape index (κ1) is 19.2. The highest BCUT2D eigenvalue weighted by molar-refractivity contribution is 9.10. The van der Waals surface area contributed by atoms with Crippen LogP contribution in [0.4, 0.5) is 5.69 Å². The van der Waals surface area contributed by atoms with Crippen LogP contribution in [0, 0.1) is 11.3 Å². The monoisotopic (exact) mass is 414 g/mol. The quantitative estimate of drug-likeness (QED) is 0.439. The fraction of sp³-hybridized carbons (Fsp3) is 0.105. The minimum absolute atomic E-state index is 0.0688. The van der Waals surface area contributed by atoms with Crippen LogP contribution in [0.2, 0.25) is 0 Å². The maximum Gasteiger partial charge on any atom is 0.340 e. The number of aromatic hydroxyl groups is 1. The Morgan fingerprint density at radius 2 is 2.04 bits per heavy atom. The number of phenolic OH excluding ortho intramolecular Hbond substituents is 1. The van der Waals surface area contributed by atoms with Crippen LogP contribution in [0.5, 0.6) is 5.75 Å². The van der Waals surface area contributed by atoms with Gasteiger partial charge >= 0.3 is 5.97 Å². The van der Waals surface area contributed by atoms with Gasteiger partial charge in [-0.25, -0.2) is 4.79 Å². The summed E-state index contributed by atoms with van der Waals surface area (Å²) in [6.07, 6.45) is 1.27. The molecule has 0 aliphatic carbocycles. The van der Waals surface area contributed by atoms with E-state index in [0.717, 1.165) is 0 Å². The summed E-state index contributed by atoms with van der Waals surface area (Å²) in [5.41, 5.74) is 0.502. The van der Waals surface area contributed by atoms with Crippen molar-refractivity contribution in [1.29, 1.82) is 5.26 Å². The summed E-state index contributed by atoms with van der Waals surface area (Å²) in [6, 6.07) is 12.8. The third-order valence-corrected chi connectivity index (χ3v) is 3.82. The maximum atomic E-state index is 12.4. The molecule has 2 aromatic carbocycles. The maximum absolute atomic E-state index is 12.4. The van der Waals surface area contributed by atoms with Crippen molar-refractivity contribution in [3.8, 4) is 11.8 Å². The molecule has 0 saturated heterocycles. The number of rotatable bonds is 5. The van der Waals surface area contributed by atoms with Gasteiger partial charge in [-0.05, 0) is 43.3 Å². The van der Waals surface area contributed by atoms with Crippen molar-refractivity contribution in [3.63, 3.8) is 0 Å². The molecule has 2 N–H and O–H groups in total. The van der Waals surface area contributed by atoms with E-state index in [-0.39, 0.29) is 29.2 Å². The van der Waals surface area contributed by atoms with Crippen molar-refractivity contribution >= 4 is 39.6 Å². The minimum Gasteiger partial charge on any atom is -0.507 e. The van der Waals surface area contributed by atoms with E-state index in [1.165, 1.54) is 24.3 Å². The number of anilines is 1. The molecule has 0 saturated carbocycles. The highest BCUT2D eigenvalue weighted by Crippen LogP contribution is 2.25. The van der Waals surface area contributed by atoms with Gasteiger partial charge in [0.1, 0.15) is 17.4 Å². The number of carbonyl (C=O) groups excluding carboxylic acids is 2. The van der Waals surface area contributed by atoms with Crippen LogP contribution >= 0.6 is 15.9 Å². The van der Waals surface area contributed by atoms with Gasteiger partial charge in [-0.3, -0.25) is 4.79 Å². The number of carbonyl (C=O) groups is 2. The topological polar surface area (TPSA) is 99.4 Å². The summed E-state index contributed by atoms with van der Waals surface area (Å²) in [7, 11) is 0. The van der Waals surface area contributed by atoms with Gasteiger partial charge in [-0.1, -0.05) is 28.1 Å². The Balaban J connectivity index is 2.31. The number of hydrogen-bond donors (Lipinski definition) is 2. The Hall–Kier alpha value is -3.11. The first-order valence-electron chi connectivity index (χ1n) is 7.64. The van der Waals surface area contributed by atoms with Crippen LogP contribution < -0.4 is 5.32 Å². The second-order valence-corrected chi connectivity index (χ2v) is 6.01. The van der Waals surface area contributed by atoms with Crippen LogP contribution in [-0.4, -0.2) is 23.6 Å². The molecule has 132 valence electrons. The highest BCUT2D eigenvalue weighted by Gasteiger charge is 2.16. The number of esters is 1. The lowest BCUT2D eigenvalue weighted by molar-refractivity contribution is -0.112. The zero-order valence-electron chi connectivity index (χ0n) is 13.8. The standard InChI is InChI=1S/C19H15BrN2O4/c1-2-26-19(25)15-5-3-4-6-16(15)22-18(24)13(11-21)9-12-10-14(20)7-8-17(12)23/h3-10,23H,2H2,1H3,(H,22,24). The molecule has 0 spiro atoms. The number of para-hydroxylation sites is 1. The van der Waals surface area contributed by atoms with Gasteiger partial charge in [0.2, 0.25) is 0 Å². The number of phenols is 1. The molecule has 0 aliphatic rings. The van der Waals surface area contributed by atoms with Gasteiger partial charge in [-0.2, -0.15) is 5.26 Å².